The van der Waals surface area contributed by atoms with Crippen molar-refractivity contribution >= 4 is 11.9 Å². The van der Waals surface area contributed by atoms with E-state index in [2.05, 4.69) is 0 Å². The van der Waals surface area contributed by atoms with Crippen LogP contribution in [0.25, 0.3) is 0 Å². The van der Waals surface area contributed by atoms with Gasteiger partial charge in [0.1, 0.15) is 0 Å². The number of likely N-dealkylation sites (tertiary alicyclic amines) is 1. The Morgan fingerprint density at radius 3 is 2.78 bits per heavy atom. The van der Waals surface area contributed by atoms with Gasteiger partial charge in [0.15, 0.2) is 0 Å². The molecule has 0 saturated carbocycles. The highest BCUT2D eigenvalue weighted by Crippen LogP contribution is 2.25. The number of carboxylic acid groups (broad SMARTS) is 1. The first-order chi connectivity index (χ1) is 8.68. The van der Waals surface area contributed by atoms with E-state index in [4.69, 9.17) is 9.84 Å². The maximum atomic E-state index is 12.4. The molecule has 0 aromatic carbocycles. The Bertz CT molecular complexity index is 312. The second kappa shape index (κ2) is 6.18. The lowest BCUT2D eigenvalue weighted by atomic mass is 9.95. The van der Waals surface area contributed by atoms with Crippen molar-refractivity contribution in [3.05, 3.63) is 0 Å². The molecule has 0 spiro atoms. The van der Waals surface area contributed by atoms with Gasteiger partial charge in [-0.2, -0.15) is 0 Å². The van der Waals surface area contributed by atoms with Crippen LogP contribution in [0.2, 0.25) is 0 Å². The Kier molecular flexibility index (Phi) is 4.58. The van der Waals surface area contributed by atoms with Gasteiger partial charge in [-0.15, -0.1) is 0 Å². The van der Waals surface area contributed by atoms with Crippen molar-refractivity contribution < 1.29 is 19.4 Å². The zero-order valence-electron chi connectivity index (χ0n) is 10.6. The molecule has 0 bridgehead atoms. The molecule has 2 rings (SSSR count). The van der Waals surface area contributed by atoms with Crippen LogP contribution in [0.4, 0.5) is 0 Å². The second-order valence-corrected chi connectivity index (χ2v) is 5.17. The van der Waals surface area contributed by atoms with Crippen molar-refractivity contribution in [3.63, 3.8) is 0 Å². The van der Waals surface area contributed by atoms with Gasteiger partial charge in [0.2, 0.25) is 5.91 Å². The molecule has 2 fully saturated rings. The molecule has 0 radical (unpaired) electrons. The Balaban J connectivity index is 1.93. The molecule has 0 aromatic rings. The number of ether oxygens (including phenoxy) is 1. The number of piperidine rings is 1. The minimum atomic E-state index is -0.780. The van der Waals surface area contributed by atoms with E-state index in [0.717, 1.165) is 32.2 Å². The SMILES string of the molecule is O=C(O)CC[C@@H]1CCCCN1C(=O)[C@@H]1CCOC1. The average molecular weight is 255 g/mol. The molecule has 1 N–H and O–H groups in total. The minimum Gasteiger partial charge on any atom is -0.481 e. The second-order valence-electron chi connectivity index (χ2n) is 5.17. The summed E-state index contributed by atoms with van der Waals surface area (Å²) >= 11 is 0. The number of aliphatic carboxylic acids is 1. The zero-order chi connectivity index (χ0) is 13.0. The fraction of sp³-hybridized carbons (Fsp3) is 0.846. The first-order valence-corrected chi connectivity index (χ1v) is 6.78. The summed E-state index contributed by atoms with van der Waals surface area (Å²) < 4.78 is 5.26. The van der Waals surface area contributed by atoms with Crippen molar-refractivity contribution in [2.24, 2.45) is 5.92 Å². The van der Waals surface area contributed by atoms with Gasteiger partial charge in [0.25, 0.3) is 0 Å². The van der Waals surface area contributed by atoms with E-state index >= 15 is 0 Å². The van der Waals surface area contributed by atoms with Gasteiger partial charge in [-0.3, -0.25) is 9.59 Å². The Hall–Kier alpha value is -1.10. The molecule has 0 aliphatic carbocycles. The van der Waals surface area contributed by atoms with Crippen LogP contribution in [0.1, 0.15) is 38.5 Å². The summed E-state index contributed by atoms with van der Waals surface area (Å²) in [5.74, 6) is -0.616. The molecular formula is C13H21NO4. The summed E-state index contributed by atoms with van der Waals surface area (Å²) in [5.41, 5.74) is 0. The van der Waals surface area contributed by atoms with E-state index in [1.54, 1.807) is 0 Å². The lowest BCUT2D eigenvalue weighted by Crippen LogP contribution is -2.46. The number of amides is 1. The van der Waals surface area contributed by atoms with Gasteiger partial charge in [-0.25, -0.2) is 0 Å². The van der Waals surface area contributed by atoms with Gasteiger partial charge >= 0.3 is 5.97 Å². The van der Waals surface area contributed by atoms with Crippen LogP contribution < -0.4 is 0 Å². The van der Waals surface area contributed by atoms with Crippen molar-refractivity contribution in [1.29, 1.82) is 0 Å². The molecule has 2 aliphatic rings. The predicted molar refractivity (Wildman–Crippen MR) is 65.1 cm³/mol. The minimum absolute atomic E-state index is 0.00423. The van der Waals surface area contributed by atoms with E-state index in [1.165, 1.54) is 0 Å². The number of rotatable bonds is 4. The summed E-state index contributed by atoms with van der Waals surface area (Å²) in [6, 6.07) is 0.114. The standard InChI is InChI=1S/C13H21NO4/c15-12(16)5-4-11-3-1-2-7-14(11)13(17)10-6-8-18-9-10/h10-11H,1-9H2,(H,15,16)/t10-,11+/m1/s1. The van der Waals surface area contributed by atoms with Crippen LogP contribution in [-0.2, 0) is 14.3 Å². The number of carbonyl (C=O) groups is 2. The maximum Gasteiger partial charge on any atom is 0.303 e. The summed E-state index contributed by atoms with van der Waals surface area (Å²) in [6.45, 7) is 1.98. The van der Waals surface area contributed by atoms with Gasteiger partial charge in [0.05, 0.1) is 12.5 Å². The van der Waals surface area contributed by atoms with E-state index < -0.39 is 5.97 Å². The van der Waals surface area contributed by atoms with E-state index in [9.17, 15) is 9.59 Å². The highest BCUT2D eigenvalue weighted by atomic mass is 16.5. The van der Waals surface area contributed by atoms with Crippen LogP contribution >= 0.6 is 0 Å². The third-order valence-corrected chi connectivity index (χ3v) is 3.88. The van der Waals surface area contributed by atoms with Gasteiger partial charge < -0.3 is 14.7 Å². The smallest absolute Gasteiger partial charge is 0.303 e. The highest BCUT2D eigenvalue weighted by Gasteiger charge is 2.33. The third kappa shape index (κ3) is 3.22. The van der Waals surface area contributed by atoms with Crippen LogP contribution in [0.15, 0.2) is 0 Å². The summed E-state index contributed by atoms with van der Waals surface area (Å²) in [7, 11) is 0. The number of carbonyl (C=O) groups excluding carboxylic acids is 1. The number of carboxylic acids is 1. The molecule has 2 atom stereocenters. The lowest BCUT2D eigenvalue weighted by Gasteiger charge is -2.37. The van der Waals surface area contributed by atoms with Crippen LogP contribution in [0.3, 0.4) is 0 Å². The van der Waals surface area contributed by atoms with Gasteiger partial charge in [-0.1, -0.05) is 0 Å². The van der Waals surface area contributed by atoms with E-state index in [0.29, 0.717) is 19.6 Å². The monoisotopic (exact) mass is 255 g/mol. The number of hydrogen-bond donors (Lipinski definition) is 1. The molecule has 2 heterocycles. The highest BCUT2D eigenvalue weighted by molar-refractivity contribution is 5.79. The molecule has 5 heteroatoms. The fourth-order valence-corrected chi connectivity index (χ4v) is 2.84. The summed E-state index contributed by atoms with van der Waals surface area (Å²) in [6.07, 6.45) is 4.59. The first kappa shape index (κ1) is 13.3. The van der Waals surface area contributed by atoms with Gasteiger partial charge in [-0.05, 0) is 32.1 Å². The van der Waals surface area contributed by atoms with Crippen molar-refractivity contribution in [2.45, 2.75) is 44.6 Å². The summed E-state index contributed by atoms with van der Waals surface area (Å²) in [4.78, 5) is 24.9. The third-order valence-electron chi connectivity index (χ3n) is 3.88. The van der Waals surface area contributed by atoms with E-state index in [-0.39, 0.29) is 24.3 Å². The molecule has 2 saturated heterocycles. The Morgan fingerprint density at radius 1 is 1.28 bits per heavy atom. The fourth-order valence-electron chi connectivity index (χ4n) is 2.84. The van der Waals surface area contributed by atoms with E-state index in [1.807, 2.05) is 4.90 Å². The van der Waals surface area contributed by atoms with Crippen LogP contribution in [0.5, 0.6) is 0 Å². The normalized spacial score (nSPS) is 28.3. The molecule has 0 unspecified atom stereocenters. The zero-order valence-corrected chi connectivity index (χ0v) is 10.6. The number of nitrogens with zero attached hydrogens (tertiary/aromatic N) is 1. The van der Waals surface area contributed by atoms with Crippen LogP contribution in [-0.4, -0.2) is 47.7 Å². The average Bonchev–Trinajstić information content (AvgIpc) is 2.89. The summed E-state index contributed by atoms with van der Waals surface area (Å²) in [5, 5.41) is 8.76. The Morgan fingerprint density at radius 2 is 2.11 bits per heavy atom. The number of hydrogen-bond acceptors (Lipinski definition) is 3. The van der Waals surface area contributed by atoms with Crippen molar-refractivity contribution in [1.82, 2.24) is 4.90 Å². The largest absolute Gasteiger partial charge is 0.481 e. The molecule has 5 nitrogen and oxygen atoms in total. The van der Waals surface area contributed by atoms with Crippen molar-refractivity contribution in [3.8, 4) is 0 Å². The maximum absolute atomic E-state index is 12.4. The molecule has 18 heavy (non-hydrogen) atoms. The van der Waals surface area contributed by atoms with Crippen LogP contribution in [0, 0.1) is 5.92 Å². The molecule has 0 aromatic heterocycles. The van der Waals surface area contributed by atoms with Gasteiger partial charge in [0, 0.05) is 25.6 Å². The molecular weight excluding hydrogens is 234 g/mol. The topological polar surface area (TPSA) is 66.8 Å². The quantitative estimate of drug-likeness (QED) is 0.821. The Labute approximate surface area is 107 Å². The van der Waals surface area contributed by atoms with Crippen molar-refractivity contribution in [2.75, 3.05) is 19.8 Å². The molecule has 102 valence electrons. The first-order valence-electron chi connectivity index (χ1n) is 6.78. The molecule has 1 amide bonds. The molecule has 2 aliphatic heterocycles. The predicted octanol–water partition coefficient (Wildman–Crippen LogP) is 1.27. The lowest BCUT2D eigenvalue weighted by molar-refractivity contribution is -0.142.